The fraction of sp³-hybridized carbons (Fsp3) is 0.667. The Bertz CT molecular complexity index is 694. The number of hydrogen-bond acceptors (Lipinski definition) is 2. The summed E-state index contributed by atoms with van der Waals surface area (Å²) in [6.07, 6.45) is 25.6. The molecule has 0 bridgehead atoms. The van der Waals surface area contributed by atoms with Crippen molar-refractivity contribution in [3.8, 4) is 0 Å². The highest BCUT2D eigenvalue weighted by atomic mass is 31.2. The van der Waals surface area contributed by atoms with Gasteiger partial charge in [0.25, 0.3) is 0 Å². The van der Waals surface area contributed by atoms with Crippen molar-refractivity contribution in [2.24, 2.45) is 0 Å². The smallest absolute Gasteiger partial charge is 0.0801 e. The molecule has 2 nitrogen and oxygen atoms in total. The van der Waals surface area contributed by atoms with Crippen LogP contribution in [0.5, 0.6) is 0 Å². The van der Waals surface area contributed by atoms with Gasteiger partial charge in [-0.3, -0.25) is 0 Å². The van der Waals surface area contributed by atoms with Gasteiger partial charge in [-0.2, -0.15) is 0 Å². The van der Waals surface area contributed by atoms with E-state index in [4.69, 9.17) is 4.74 Å². The SMILES string of the molecule is C=CC(O/C([O-])=C/C[P+](C1CCCCC1)(C1CCCCC1)C1CCCCC1)c1ccccc1. The van der Waals surface area contributed by atoms with Crippen LogP contribution in [0.3, 0.4) is 0 Å². The lowest BCUT2D eigenvalue weighted by Crippen LogP contribution is -2.37. The Hall–Kier alpha value is -1.27. The first-order valence-electron chi connectivity index (χ1n) is 13.8. The van der Waals surface area contributed by atoms with E-state index in [-0.39, 0.29) is 12.0 Å². The van der Waals surface area contributed by atoms with Gasteiger partial charge in [-0.05, 0) is 88.7 Å². The van der Waals surface area contributed by atoms with Gasteiger partial charge in [0, 0.05) is 13.4 Å². The third-order valence-corrected chi connectivity index (χ3v) is 15.4. The molecule has 1 aromatic carbocycles. The monoisotopic (exact) mass is 468 g/mol. The second-order valence-electron chi connectivity index (χ2n) is 10.8. The zero-order valence-electron chi connectivity index (χ0n) is 20.6. The van der Waals surface area contributed by atoms with Gasteiger partial charge >= 0.3 is 0 Å². The Morgan fingerprint density at radius 2 is 1.27 bits per heavy atom. The summed E-state index contributed by atoms with van der Waals surface area (Å²) < 4.78 is 5.95. The summed E-state index contributed by atoms with van der Waals surface area (Å²) in [5.41, 5.74) is 3.68. The number of allylic oxidation sites excluding steroid dienone is 1. The lowest BCUT2D eigenvalue weighted by molar-refractivity contribution is -0.361. The average Bonchev–Trinajstić information content (AvgIpc) is 2.90. The van der Waals surface area contributed by atoms with Crippen molar-refractivity contribution in [2.45, 2.75) is 119 Å². The van der Waals surface area contributed by atoms with Crippen molar-refractivity contribution in [3.63, 3.8) is 0 Å². The molecule has 3 heteroatoms. The minimum absolute atomic E-state index is 0.129. The molecular formula is C30H45O2P. The highest BCUT2D eigenvalue weighted by Crippen LogP contribution is 2.77. The molecule has 0 aliphatic heterocycles. The fourth-order valence-electron chi connectivity index (χ4n) is 7.33. The summed E-state index contributed by atoms with van der Waals surface area (Å²) in [5.74, 6) is -0.129. The van der Waals surface area contributed by atoms with E-state index in [2.05, 4.69) is 6.58 Å². The van der Waals surface area contributed by atoms with E-state index in [1.54, 1.807) is 6.08 Å². The summed E-state index contributed by atoms with van der Waals surface area (Å²) >= 11 is 0. The number of hydrogen-bond donors (Lipinski definition) is 0. The molecule has 1 unspecified atom stereocenters. The van der Waals surface area contributed by atoms with Crippen LogP contribution < -0.4 is 5.11 Å². The van der Waals surface area contributed by atoms with E-state index < -0.39 is 7.26 Å². The van der Waals surface area contributed by atoms with Crippen LogP contribution in [0.15, 0.2) is 55.0 Å². The van der Waals surface area contributed by atoms with Crippen LogP contribution in [0.25, 0.3) is 0 Å². The molecular weight excluding hydrogens is 423 g/mol. The molecule has 33 heavy (non-hydrogen) atoms. The Balaban J connectivity index is 1.60. The molecule has 0 heterocycles. The van der Waals surface area contributed by atoms with Crippen molar-refractivity contribution < 1.29 is 9.84 Å². The maximum atomic E-state index is 13.2. The van der Waals surface area contributed by atoms with E-state index in [0.29, 0.717) is 0 Å². The Labute approximate surface area is 203 Å². The largest absolute Gasteiger partial charge is 0.601 e. The van der Waals surface area contributed by atoms with Gasteiger partial charge in [0.1, 0.15) is 0 Å². The molecule has 4 rings (SSSR count). The van der Waals surface area contributed by atoms with Crippen LogP contribution in [0.4, 0.5) is 0 Å². The first-order chi connectivity index (χ1) is 16.2. The van der Waals surface area contributed by atoms with E-state index in [0.717, 1.165) is 28.7 Å². The number of benzene rings is 1. The lowest BCUT2D eigenvalue weighted by atomic mass is 9.99. The van der Waals surface area contributed by atoms with Crippen LogP contribution in [0.1, 0.15) is 108 Å². The number of ether oxygens (including phenoxy) is 1. The molecule has 0 aromatic heterocycles. The quantitative estimate of drug-likeness (QED) is 0.208. The molecule has 1 aromatic rings. The molecule has 0 N–H and O–H groups in total. The fourth-order valence-corrected chi connectivity index (χ4v) is 14.5. The minimum atomic E-state index is -1.28. The molecule has 0 spiro atoms. The Morgan fingerprint density at radius 3 is 1.70 bits per heavy atom. The van der Waals surface area contributed by atoms with Crippen LogP contribution in [0.2, 0.25) is 0 Å². The summed E-state index contributed by atoms with van der Waals surface area (Å²) in [6, 6.07) is 10.0. The average molecular weight is 469 g/mol. The normalized spacial score (nSPS) is 23.2. The van der Waals surface area contributed by atoms with E-state index in [9.17, 15) is 5.11 Å². The van der Waals surface area contributed by atoms with Gasteiger partial charge in [0.05, 0.1) is 29.1 Å². The van der Waals surface area contributed by atoms with E-state index in [1.807, 2.05) is 36.4 Å². The summed E-state index contributed by atoms with van der Waals surface area (Å²) in [5, 5.41) is 13.2. The third-order valence-electron chi connectivity index (χ3n) is 8.92. The van der Waals surface area contributed by atoms with E-state index >= 15 is 0 Å². The van der Waals surface area contributed by atoms with Crippen LogP contribution >= 0.6 is 7.26 Å². The highest BCUT2D eigenvalue weighted by molar-refractivity contribution is 7.78. The van der Waals surface area contributed by atoms with Crippen LogP contribution in [0, 0.1) is 0 Å². The number of rotatable bonds is 9. The molecule has 0 saturated heterocycles. The van der Waals surface area contributed by atoms with Crippen LogP contribution in [-0.4, -0.2) is 23.1 Å². The van der Waals surface area contributed by atoms with Gasteiger partial charge in [-0.1, -0.05) is 55.7 Å². The summed E-state index contributed by atoms with van der Waals surface area (Å²) in [6.45, 7) is 3.94. The van der Waals surface area contributed by atoms with Crippen molar-refractivity contribution in [3.05, 3.63) is 60.6 Å². The Kier molecular flexibility index (Phi) is 9.36. The molecule has 0 radical (unpaired) electrons. The van der Waals surface area contributed by atoms with Crippen molar-refractivity contribution >= 4 is 7.26 Å². The molecule has 3 saturated carbocycles. The highest BCUT2D eigenvalue weighted by Gasteiger charge is 2.56. The third kappa shape index (κ3) is 6.05. The molecule has 1 atom stereocenters. The van der Waals surface area contributed by atoms with Crippen LogP contribution in [-0.2, 0) is 4.74 Å². The molecule has 3 aliphatic rings. The summed E-state index contributed by atoms with van der Waals surface area (Å²) in [4.78, 5) is 0. The van der Waals surface area contributed by atoms with Crippen molar-refractivity contribution in [1.82, 2.24) is 0 Å². The van der Waals surface area contributed by atoms with Gasteiger partial charge < -0.3 is 9.84 Å². The summed E-state index contributed by atoms with van der Waals surface area (Å²) in [7, 11) is -1.28. The first kappa shape index (κ1) is 24.8. The molecule has 182 valence electrons. The van der Waals surface area contributed by atoms with Crippen molar-refractivity contribution in [1.29, 1.82) is 0 Å². The molecule has 3 fully saturated rings. The van der Waals surface area contributed by atoms with Gasteiger partial charge in [-0.25, -0.2) is 0 Å². The zero-order valence-corrected chi connectivity index (χ0v) is 21.5. The maximum absolute atomic E-state index is 13.2. The maximum Gasteiger partial charge on any atom is 0.0801 e. The van der Waals surface area contributed by atoms with E-state index in [1.165, 1.54) is 96.3 Å². The predicted octanol–water partition coefficient (Wildman–Crippen LogP) is 8.15. The Morgan fingerprint density at radius 1 is 0.818 bits per heavy atom. The second-order valence-corrected chi connectivity index (χ2v) is 15.3. The van der Waals surface area contributed by atoms with Gasteiger partial charge in [-0.15, -0.1) is 6.58 Å². The minimum Gasteiger partial charge on any atom is -0.601 e. The molecule has 3 aliphatic carbocycles. The second kappa shape index (κ2) is 12.4. The van der Waals surface area contributed by atoms with Gasteiger partial charge in [0.15, 0.2) is 0 Å². The topological polar surface area (TPSA) is 32.3 Å². The standard InChI is InChI=1S/C30H45O2P/c1-2-29(25-15-7-3-8-16-25)32-30(31)23-24-33(26-17-9-4-10-18-26,27-19-11-5-12-20-27)28-21-13-6-14-22-28/h2-3,7-8,15-16,23,26-29H,1,4-6,9-14,17-22,24H2/b30-23+. The van der Waals surface area contributed by atoms with Gasteiger partial charge in [0.2, 0.25) is 0 Å². The lowest BCUT2D eigenvalue weighted by Gasteiger charge is -2.48. The van der Waals surface area contributed by atoms with Crippen molar-refractivity contribution in [2.75, 3.05) is 6.16 Å². The zero-order chi connectivity index (χ0) is 22.9. The molecule has 0 amide bonds. The predicted molar refractivity (Wildman–Crippen MR) is 141 cm³/mol. The first-order valence-corrected chi connectivity index (χ1v) is 16.0.